The van der Waals surface area contributed by atoms with E-state index in [9.17, 15) is 0 Å². The SMILES string of the molecule is CN=C(NCc1nccn1C)N1CCC(N2CCCCC2)C1.I. The Kier molecular flexibility index (Phi) is 7.13. The predicted octanol–water partition coefficient (Wildman–Crippen LogP) is 1.67. The first kappa shape index (κ1) is 18.5. The van der Waals surface area contributed by atoms with E-state index in [1.807, 2.05) is 31.1 Å². The van der Waals surface area contributed by atoms with Crippen molar-refractivity contribution in [2.45, 2.75) is 38.3 Å². The van der Waals surface area contributed by atoms with Gasteiger partial charge in [-0.15, -0.1) is 24.0 Å². The molecule has 7 heteroatoms. The smallest absolute Gasteiger partial charge is 0.194 e. The normalized spacial score (nSPS) is 23.0. The first-order chi connectivity index (χ1) is 10.8. The van der Waals surface area contributed by atoms with Crippen LogP contribution in [-0.4, -0.2) is 64.6 Å². The van der Waals surface area contributed by atoms with Crippen LogP contribution in [0.4, 0.5) is 0 Å². The maximum atomic E-state index is 4.45. The fourth-order valence-corrected chi connectivity index (χ4v) is 3.57. The van der Waals surface area contributed by atoms with Crippen molar-refractivity contribution in [3.05, 3.63) is 18.2 Å². The molecule has 1 aromatic heterocycles. The maximum Gasteiger partial charge on any atom is 0.194 e. The van der Waals surface area contributed by atoms with Crippen LogP contribution in [0.2, 0.25) is 0 Å². The van der Waals surface area contributed by atoms with Gasteiger partial charge in [0.05, 0.1) is 6.54 Å². The van der Waals surface area contributed by atoms with E-state index in [2.05, 4.69) is 25.1 Å². The number of nitrogens with one attached hydrogen (secondary N) is 1. The molecular weight excluding hydrogens is 403 g/mol. The van der Waals surface area contributed by atoms with Crippen molar-refractivity contribution in [3.8, 4) is 0 Å². The molecule has 0 aliphatic carbocycles. The quantitative estimate of drug-likeness (QED) is 0.449. The van der Waals surface area contributed by atoms with E-state index >= 15 is 0 Å². The molecule has 0 radical (unpaired) electrons. The van der Waals surface area contributed by atoms with Crippen LogP contribution in [0.15, 0.2) is 17.4 Å². The minimum atomic E-state index is 0. The van der Waals surface area contributed by atoms with Crippen molar-refractivity contribution in [2.75, 3.05) is 33.2 Å². The molecule has 1 N–H and O–H groups in total. The van der Waals surface area contributed by atoms with Crippen molar-refractivity contribution in [1.82, 2.24) is 24.7 Å². The zero-order valence-corrected chi connectivity index (χ0v) is 16.6. The van der Waals surface area contributed by atoms with Gasteiger partial charge >= 0.3 is 0 Å². The molecule has 0 saturated carbocycles. The third-order valence-electron chi connectivity index (χ3n) is 4.91. The highest BCUT2D eigenvalue weighted by atomic mass is 127. The summed E-state index contributed by atoms with van der Waals surface area (Å²) in [5.74, 6) is 2.04. The number of guanidine groups is 1. The van der Waals surface area contributed by atoms with Crippen LogP contribution in [0.1, 0.15) is 31.5 Å². The Morgan fingerprint density at radius 3 is 2.74 bits per heavy atom. The monoisotopic (exact) mass is 432 g/mol. The van der Waals surface area contributed by atoms with Gasteiger partial charge in [0.2, 0.25) is 0 Å². The highest BCUT2D eigenvalue weighted by molar-refractivity contribution is 14.0. The molecule has 2 fully saturated rings. The number of likely N-dealkylation sites (tertiary alicyclic amines) is 2. The van der Waals surface area contributed by atoms with Crippen molar-refractivity contribution in [1.29, 1.82) is 0 Å². The summed E-state index contributed by atoms with van der Waals surface area (Å²) >= 11 is 0. The average Bonchev–Trinajstić information content (AvgIpc) is 3.19. The molecule has 1 unspecified atom stereocenters. The minimum Gasteiger partial charge on any atom is -0.349 e. The van der Waals surface area contributed by atoms with Gasteiger partial charge in [0.15, 0.2) is 5.96 Å². The number of rotatable bonds is 3. The van der Waals surface area contributed by atoms with E-state index in [0.717, 1.165) is 31.4 Å². The van der Waals surface area contributed by atoms with Crippen molar-refractivity contribution >= 4 is 29.9 Å². The van der Waals surface area contributed by atoms with Crippen molar-refractivity contribution in [2.24, 2.45) is 12.0 Å². The molecule has 0 aromatic carbocycles. The van der Waals surface area contributed by atoms with E-state index in [4.69, 9.17) is 0 Å². The van der Waals surface area contributed by atoms with Crippen molar-refractivity contribution in [3.63, 3.8) is 0 Å². The number of imidazole rings is 1. The van der Waals surface area contributed by atoms with E-state index in [-0.39, 0.29) is 24.0 Å². The largest absolute Gasteiger partial charge is 0.349 e. The molecule has 1 atom stereocenters. The Morgan fingerprint density at radius 1 is 1.30 bits per heavy atom. The molecule has 130 valence electrons. The molecule has 2 saturated heterocycles. The summed E-state index contributed by atoms with van der Waals surface area (Å²) in [5, 5.41) is 3.45. The van der Waals surface area contributed by atoms with E-state index in [1.165, 1.54) is 38.8 Å². The van der Waals surface area contributed by atoms with Crippen LogP contribution in [0.3, 0.4) is 0 Å². The lowest BCUT2D eigenvalue weighted by atomic mass is 10.1. The summed E-state index contributed by atoms with van der Waals surface area (Å²) < 4.78 is 2.04. The number of aryl methyl sites for hydroxylation is 1. The van der Waals surface area contributed by atoms with Crippen molar-refractivity contribution < 1.29 is 0 Å². The van der Waals surface area contributed by atoms with E-state index in [1.54, 1.807) is 0 Å². The molecule has 2 aliphatic rings. The maximum absolute atomic E-state index is 4.45. The Hall–Kier alpha value is -0.830. The molecule has 2 aliphatic heterocycles. The number of halogens is 1. The molecular formula is C16H29IN6. The number of hydrogen-bond acceptors (Lipinski definition) is 3. The van der Waals surface area contributed by atoms with Crippen LogP contribution in [-0.2, 0) is 13.6 Å². The van der Waals surface area contributed by atoms with Crippen LogP contribution >= 0.6 is 24.0 Å². The van der Waals surface area contributed by atoms with Crippen LogP contribution < -0.4 is 5.32 Å². The molecule has 3 rings (SSSR count). The summed E-state index contributed by atoms with van der Waals surface area (Å²) in [6.07, 6.45) is 9.19. The molecule has 0 amide bonds. The first-order valence-electron chi connectivity index (χ1n) is 8.44. The van der Waals surface area contributed by atoms with Gasteiger partial charge in [0.1, 0.15) is 5.82 Å². The van der Waals surface area contributed by atoms with Gasteiger partial charge in [0, 0.05) is 45.6 Å². The van der Waals surface area contributed by atoms with Gasteiger partial charge in [-0.25, -0.2) is 4.98 Å². The summed E-state index contributed by atoms with van der Waals surface area (Å²) in [6.45, 7) is 5.47. The number of piperidine rings is 1. The van der Waals surface area contributed by atoms with Gasteiger partial charge in [-0.05, 0) is 32.4 Å². The Morgan fingerprint density at radius 2 is 2.09 bits per heavy atom. The predicted molar refractivity (Wildman–Crippen MR) is 104 cm³/mol. The fraction of sp³-hybridized carbons (Fsp3) is 0.750. The number of hydrogen-bond donors (Lipinski definition) is 1. The minimum absolute atomic E-state index is 0. The zero-order chi connectivity index (χ0) is 15.4. The highest BCUT2D eigenvalue weighted by Crippen LogP contribution is 2.20. The Labute approximate surface area is 156 Å². The van der Waals surface area contributed by atoms with Crippen LogP contribution in [0, 0.1) is 0 Å². The fourth-order valence-electron chi connectivity index (χ4n) is 3.57. The molecule has 1 aromatic rings. The van der Waals surface area contributed by atoms with E-state index in [0.29, 0.717) is 6.04 Å². The highest BCUT2D eigenvalue weighted by Gasteiger charge is 2.29. The number of aliphatic imine (C=N–C) groups is 1. The second-order valence-electron chi connectivity index (χ2n) is 6.34. The second-order valence-corrected chi connectivity index (χ2v) is 6.34. The summed E-state index contributed by atoms with van der Waals surface area (Å²) in [6, 6.07) is 0.701. The summed E-state index contributed by atoms with van der Waals surface area (Å²) in [5.41, 5.74) is 0. The lowest BCUT2D eigenvalue weighted by Gasteiger charge is -2.32. The Bertz CT molecular complexity index is 508. The molecule has 6 nitrogen and oxygen atoms in total. The van der Waals surface area contributed by atoms with E-state index < -0.39 is 0 Å². The molecule has 3 heterocycles. The Balaban J connectivity index is 0.00000192. The lowest BCUT2D eigenvalue weighted by Crippen LogP contribution is -2.44. The van der Waals surface area contributed by atoms with Gasteiger partial charge in [-0.2, -0.15) is 0 Å². The summed E-state index contributed by atoms with van der Waals surface area (Å²) in [4.78, 5) is 13.9. The molecule has 23 heavy (non-hydrogen) atoms. The van der Waals surface area contributed by atoms with Gasteiger partial charge in [0.25, 0.3) is 0 Å². The zero-order valence-electron chi connectivity index (χ0n) is 14.2. The van der Waals surface area contributed by atoms with Gasteiger partial charge < -0.3 is 14.8 Å². The third-order valence-corrected chi connectivity index (χ3v) is 4.91. The molecule has 0 spiro atoms. The number of aromatic nitrogens is 2. The standard InChI is InChI=1S/C16H28N6.HI/c1-17-16(19-12-15-18-7-11-20(15)2)22-10-6-14(13-22)21-8-4-3-5-9-21;/h7,11,14H,3-6,8-10,12-13H2,1-2H3,(H,17,19);1H. The average molecular weight is 432 g/mol. The number of nitrogens with zero attached hydrogens (tertiary/aromatic N) is 5. The van der Waals surface area contributed by atoms with Crippen LogP contribution in [0.5, 0.6) is 0 Å². The van der Waals surface area contributed by atoms with Gasteiger partial charge in [-0.1, -0.05) is 6.42 Å². The lowest BCUT2D eigenvalue weighted by molar-refractivity contribution is 0.168. The second kappa shape index (κ2) is 8.86. The van der Waals surface area contributed by atoms with Gasteiger partial charge in [-0.3, -0.25) is 9.89 Å². The first-order valence-corrected chi connectivity index (χ1v) is 8.44. The summed E-state index contributed by atoms with van der Waals surface area (Å²) in [7, 11) is 3.89. The third kappa shape index (κ3) is 4.59. The van der Waals surface area contributed by atoms with Crippen LogP contribution in [0.25, 0.3) is 0 Å². The topological polar surface area (TPSA) is 48.7 Å². The molecule has 0 bridgehead atoms.